The zero-order valence-corrected chi connectivity index (χ0v) is 11.1. The first-order valence-corrected chi connectivity index (χ1v) is 6.42. The molecule has 0 saturated carbocycles. The normalized spacial score (nSPS) is 11.4. The van der Waals surface area contributed by atoms with Gasteiger partial charge in [-0.2, -0.15) is 13.2 Å². The fourth-order valence-electron chi connectivity index (χ4n) is 1.60. The summed E-state index contributed by atoms with van der Waals surface area (Å²) < 4.78 is 39.0. The standard InChI is InChI=1S/C13H8F3NO3S/c14-13(15,16)9-7-8(17(19)20)5-6-11(9)21-12-4-2-1-3-10(12)18/h1-7,18H. The van der Waals surface area contributed by atoms with Crippen LogP contribution in [0, 0.1) is 10.1 Å². The third-order valence-corrected chi connectivity index (χ3v) is 3.71. The van der Waals surface area contributed by atoms with Crippen molar-refractivity contribution in [2.75, 3.05) is 0 Å². The SMILES string of the molecule is O=[N+]([O-])c1ccc(Sc2ccccc2O)c(C(F)(F)F)c1. The monoisotopic (exact) mass is 315 g/mol. The van der Waals surface area contributed by atoms with Gasteiger partial charge in [-0.1, -0.05) is 23.9 Å². The van der Waals surface area contributed by atoms with Crippen LogP contribution >= 0.6 is 11.8 Å². The van der Waals surface area contributed by atoms with E-state index >= 15 is 0 Å². The summed E-state index contributed by atoms with van der Waals surface area (Å²) in [5, 5.41) is 20.2. The number of hydrogen-bond acceptors (Lipinski definition) is 4. The molecule has 1 N–H and O–H groups in total. The van der Waals surface area contributed by atoms with Crippen molar-refractivity contribution in [3.8, 4) is 5.75 Å². The Bertz CT molecular complexity index is 689. The molecule has 0 spiro atoms. The van der Waals surface area contributed by atoms with Crippen LogP contribution in [0.3, 0.4) is 0 Å². The third-order valence-electron chi connectivity index (χ3n) is 2.56. The molecule has 0 atom stereocenters. The molecule has 0 bridgehead atoms. The Kier molecular flexibility index (Phi) is 4.08. The van der Waals surface area contributed by atoms with Gasteiger partial charge in [-0.25, -0.2) is 0 Å². The third kappa shape index (κ3) is 3.46. The number of phenols is 1. The molecule has 0 aliphatic rings. The zero-order chi connectivity index (χ0) is 15.6. The van der Waals surface area contributed by atoms with E-state index in [0.717, 1.165) is 12.1 Å². The summed E-state index contributed by atoms with van der Waals surface area (Å²) in [4.78, 5) is 9.73. The van der Waals surface area contributed by atoms with Gasteiger partial charge in [0.25, 0.3) is 5.69 Å². The topological polar surface area (TPSA) is 63.4 Å². The van der Waals surface area contributed by atoms with Crippen LogP contribution in [-0.2, 0) is 6.18 Å². The minimum Gasteiger partial charge on any atom is -0.507 e. The Morgan fingerprint density at radius 2 is 1.76 bits per heavy atom. The molecule has 110 valence electrons. The molecule has 0 aliphatic heterocycles. The predicted octanol–water partition coefficient (Wildman–Crippen LogP) is 4.47. The summed E-state index contributed by atoms with van der Waals surface area (Å²) in [6, 6.07) is 8.43. The first-order valence-electron chi connectivity index (χ1n) is 5.60. The molecule has 8 heteroatoms. The second-order valence-electron chi connectivity index (χ2n) is 4.01. The Hall–Kier alpha value is -2.22. The number of non-ortho nitro benzene ring substituents is 1. The molecule has 0 unspecified atom stereocenters. The number of nitro groups is 1. The lowest BCUT2D eigenvalue weighted by atomic mass is 10.2. The highest BCUT2D eigenvalue weighted by atomic mass is 32.2. The number of benzene rings is 2. The number of aromatic hydroxyl groups is 1. The fraction of sp³-hybridized carbons (Fsp3) is 0.0769. The first-order chi connectivity index (χ1) is 9.79. The number of para-hydroxylation sites is 1. The van der Waals surface area contributed by atoms with Crippen LogP contribution in [0.25, 0.3) is 0 Å². The number of hydrogen-bond donors (Lipinski definition) is 1. The van der Waals surface area contributed by atoms with Crippen molar-refractivity contribution < 1.29 is 23.2 Å². The lowest BCUT2D eigenvalue weighted by Gasteiger charge is -2.12. The maximum Gasteiger partial charge on any atom is 0.417 e. The lowest BCUT2D eigenvalue weighted by Crippen LogP contribution is -2.07. The van der Waals surface area contributed by atoms with E-state index in [2.05, 4.69) is 0 Å². The van der Waals surface area contributed by atoms with E-state index < -0.39 is 22.4 Å². The molecular weight excluding hydrogens is 307 g/mol. The number of rotatable bonds is 3. The van der Waals surface area contributed by atoms with Gasteiger partial charge in [0.15, 0.2) is 0 Å². The number of nitro benzene ring substituents is 1. The molecule has 2 aromatic carbocycles. The summed E-state index contributed by atoms with van der Waals surface area (Å²) in [5.74, 6) is -0.158. The predicted molar refractivity (Wildman–Crippen MR) is 70.3 cm³/mol. The van der Waals surface area contributed by atoms with Crippen molar-refractivity contribution in [1.82, 2.24) is 0 Å². The smallest absolute Gasteiger partial charge is 0.417 e. The Morgan fingerprint density at radius 3 is 2.33 bits per heavy atom. The van der Waals surface area contributed by atoms with E-state index in [9.17, 15) is 28.4 Å². The van der Waals surface area contributed by atoms with Crippen molar-refractivity contribution in [3.63, 3.8) is 0 Å². The molecule has 0 saturated heterocycles. The molecular formula is C13H8F3NO3S. The van der Waals surface area contributed by atoms with Crippen LogP contribution in [0.5, 0.6) is 5.75 Å². The van der Waals surface area contributed by atoms with Crippen molar-refractivity contribution in [3.05, 3.63) is 58.1 Å². The second kappa shape index (κ2) is 5.65. The van der Waals surface area contributed by atoms with Crippen LogP contribution in [-0.4, -0.2) is 10.0 Å². The van der Waals surface area contributed by atoms with Crippen LogP contribution in [0.15, 0.2) is 52.3 Å². The molecule has 4 nitrogen and oxygen atoms in total. The second-order valence-corrected chi connectivity index (χ2v) is 5.09. The highest BCUT2D eigenvalue weighted by molar-refractivity contribution is 7.99. The number of alkyl halides is 3. The molecule has 0 radical (unpaired) electrons. The van der Waals surface area contributed by atoms with Crippen molar-refractivity contribution >= 4 is 17.4 Å². The molecule has 21 heavy (non-hydrogen) atoms. The van der Waals surface area contributed by atoms with Crippen molar-refractivity contribution in [2.45, 2.75) is 16.0 Å². The van der Waals surface area contributed by atoms with Gasteiger partial charge in [-0.05, 0) is 18.2 Å². The van der Waals surface area contributed by atoms with E-state index in [-0.39, 0.29) is 15.5 Å². The number of phenolic OH excluding ortho intramolecular Hbond substituents is 1. The van der Waals surface area contributed by atoms with Crippen molar-refractivity contribution in [1.29, 1.82) is 0 Å². The summed E-state index contributed by atoms with van der Waals surface area (Å²) >= 11 is 0.696. The quantitative estimate of drug-likeness (QED) is 0.670. The summed E-state index contributed by atoms with van der Waals surface area (Å²) in [6.45, 7) is 0. The molecule has 2 rings (SSSR count). The van der Waals surface area contributed by atoms with Gasteiger partial charge in [-0.15, -0.1) is 0 Å². The minimum atomic E-state index is -4.72. The average molecular weight is 315 g/mol. The van der Waals surface area contributed by atoms with E-state index in [1.165, 1.54) is 12.1 Å². The first kappa shape index (κ1) is 15.2. The van der Waals surface area contributed by atoms with Crippen LogP contribution in [0.2, 0.25) is 0 Å². The zero-order valence-electron chi connectivity index (χ0n) is 10.3. The van der Waals surface area contributed by atoms with E-state index in [1.54, 1.807) is 12.1 Å². The molecule has 0 aliphatic carbocycles. The highest BCUT2D eigenvalue weighted by Gasteiger charge is 2.35. The molecule has 0 amide bonds. The number of halogens is 3. The summed E-state index contributed by atoms with van der Waals surface area (Å²) in [7, 11) is 0. The van der Waals surface area contributed by atoms with Gasteiger partial charge in [0, 0.05) is 17.0 Å². The number of nitrogens with zero attached hydrogens (tertiary/aromatic N) is 1. The van der Waals surface area contributed by atoms with Gasteiger partial charge in [0.1, 0.15) is 5.75 Å². The Balaban J connectivity index is 2.48. The van der Waals surface area contributed by atoms with Gasteiger partial charge < -0.3 is 5.11 Å². The van der Waals surface area contributed by atoms with E-state index in [4.69, 9.17) is 0 Å². The van der Waals surface area contributed by atoms with E-state index in [1.807, 2.05) is 0 Å². The van der Waals surface area contributed by atoms with Gasteiger partial charge in [0.2, 0.25) is 0 Å². The van der Waals surface area contributed by atoms with E-state index in [0.29, 0.717) is 17.8 Å². The molecule has 0 fully saturated rings. The average Bonchev–Trinajstić information content (AvgIpc) is 2.40. The Labute approximate surface area is 121 Å². The maximum absolute atomic E-state index is 13.0. The largest absolute Gasteiger partial charge is 0.507 e. The summed E-state index contributed by atoms with van der Waals surface area (Å²) in [5.41, 5.74) is -1.74. The summed E-state index contributed by atoms with van der Waals surface area (Å²) in [6.07, 6.45) is -4.72. The van der Waals surface area contributed by atoms with Crippen LogP contribution in [0.1, 0.15) is 5.56 Å². The molecule has 0 aromatic heterocycles. The Morgan fingerprint density at radius 1 is 1.10 bits per heavy atom. The van der Waals surface area contributed by atoms with Gasteiger partial charge in [0.05, 0.1) is 15.4 Å². The van der Waals surface area contributed by atoms with Crippen LogP contribution < -0.4 is 0 Å². The van der Waals surface area contributed by atoms with Gasteiger partial charge in [-0.3, -0.25) is 10.1 Å². The minimum absolute atomic E-state index is 0.158. The maximum atomic E-state index is 13.0. The van der Waals surface area contributed by atoms with Crippen LogP contribution in [0.4, 0.5) is 18.9 Å². The van der Waals surface area contributed by atoms with Gasteiger partial charge >= 0.3 is 6.18 Å². The lowest BCUT2D eigenvalue weighted by molar-refractivity contribution is -0.385. The molecule has 0 heterocycles. The fourth-order valence-corrected chi connectivity index (χ4v) is 2.58. The highest BCUT2D eigenvalue weighted by Crippen LogP contribution is 2.43. The molecule has 2 aromatic rings. The van der Waals surface area contributed by atoms with Crippen molar-refractivity contribution in [2.24, 2.45) is 0 Å².